The van der Waals surface area contributed by atoms with Crippen LogP contribution in [0.2, 0.25) is 0 Å². The van der Waals surface area contributed by atoms with Gasteiger partial charge in [0.1, 0.15) is 23.0 Å². The maximum absolute atomic E-state index is 13.9. The van der Waals surface area contributed by atoms with Crippen LogP contribution in [-0.2, 0) is 6.42 Å². The lowest BCUT2D eigenvalue weighted by molar-refractivity contribution is 0.0924. The molecule has 1 aliphatic heterocycles. The van der Waals surface area contributed by atoms with E-state index in [1.165, 1.54) is 35.3 Å². The SMILES string of the molecule is CCC1=CCC=C(Cc2ccc(Oc3ccc(N4C(=O)c5ccc(-c6ccc(C(C)=O)c(C(=O)C=C(C)c7ccc(OC8=CCC=C(C)C=C8)cc7)c6)cc5C4=O)cc3)cc2)C=C1. The van der Waals surface area contributed by atoms with E-state index in [9.17, 15) is 19.2 Å². The van der Waals surface area contributed by atoms with Crippen LogP contribution in [0, 0.1) is 0 Å². The number of ketones is 2. The highest BCUT2D eigenvalue weighted by Crippen LogP contribution is 2.34. The van der Waals surface area contributed by atoms with Gasteiger partial charge in [-0.2, -0.15) is 0 Å². The fraction of sp³-hybridized carbons (Fsp3) is 0.143. The molecule has 1 heterocycles. The number of carbonyl (C=O) groups excluding carboxylic acids is 4. The number of ether oxygens (including phenoxy) is 2. The maximum Gasteiger partial charge on any atom is 0.266 e. The highest BCUT2D eigenvalue weighted by Gasteiger charge is 2.37. The van der Waals surface area contributed by atoms with Crippen LogP contribution in [0.3, 0.4) is 0 Å². The van der Waals surface area contributed by atoms with E-state index >= 15 is 0 Å². The number of imide groups is 1. The molecule has 0 bridgehead atoms. The molecule has 0 aromatic heterocycles. The highest BCUT2D eigenvalue weighted by molar-refractivity contribution is 6.34. The molecule has 8 rings (SSSR count). The summed E-state index contributed by atoms with van der Waals surface area (Å²) in [5, 5.41) is 0. The molecule has 0 atom stereocenters. The minimum absolute atomic E-state index is 0.242. The summed E-state index contributed by atoms with van der Waals surface area (Å²) in [6.45, 7) is 7.49. The number of allylic oxidation sites excluding steroid dienone is 13. The molecule has 7 heteroatoms. The summed E-state index contributed by atoms with van der Waals surface area (Å²) in [6, 6.07) is 32.5. The largest absolute Gasteiger partial charge is 0.458 e. The third-order valence-corrected chi connectivity index (χ3v) is 11.4. The lowest BCUT2D eigenvalue weighted by atomic mass is 9.92. The zero-order valence-electron chi connectivity index (χ0n) is 35.8. The van der Waals surface area contributed by atoms with Gasteiger partial charge in [-0.3, -0.25) is 19.2 Å². The topological polar surface area (TPSA) is 90.0 Å². The first-order valence-electron chi connectivity index (χ1n) is 21.2. The maximum atomic E-state index is 13.9. The monoisotopic (exact) mass is 829 g/mol. The lowest BCUT2D eigenvalue weighted by Crippen LogP contribution is -2.29. The molecule has 0 fully saturated rings. The first-order chi connectivity index (χ1) is 30.5. The van der Waals surface area contributed by atoms with Crippen molar-refractivity contribution in [3.05, 3.63) is 220 Å². The smallest absolute Gasteiger partial charge is 0.266 e. The number of Topliss-reactive ketones (excluding diaryl/α,β-unsaturated/α-hetero) is 1. The molecule has 312 valence electrons. The quantitative estimate of drug-likeness (QED) is 0.0667. The number of anilines is 1. The average molecular weight is 830 g/mol. The summed E-state index contributed by atoms with van der Waals surface area (Å²) in [7, 11) is 0. The van der Waals surface area contributed by atoms with E-state index in [1.807, 2.05) is 68.5 Å². The summed E-state index contributed by atoms with van der Waals surface area (Å²) < 4.78 is 12.2. The Kier molecular flexibility index (Phi) is 12.4. The molecular weight excluding hydrogens is 783 g/mol. The van der Waals surface area contributed by atoms with Crippen LogP contribution in [-0.4, -0.2) is 23.4 Å². The van der Waals surface area contributed by atoms with E-state index in [2.05, 4.69) is 49.4 Å². The minimum Gasteiger partial charge on any atom is -0.458 e. The number of hydrogen-bond donors (Lipinski definition) is 0. The number of nitrogens with zero attached hydrogens (tertiary/aromatic N) is 1. The molecule has 5 aromatic rings. The van der Waals surface area contributed by atoms with Gasteiger partial charge < -0.3 is 9.47 Å². The van der Waals surface area contributed by atoms with Crippen LogP contribution in [0.5, 0.6) is 17.2 Å². The van der Waals surface area contributed by atoms with Gasteiger partial charge >= 0.3 is 0 Å². The zero-order chi connectivity index (χ0) is 44.0. The predicted octanol–water partition coefficient (Wildman–Crippen LogP) is 13.4. The van der Waals surface area contributed by atoms with Gasteiger partial charge in [0.05, 0.1) is 16.8 Å². The van der Waals surface area contributed by atoms with Crippen molar-refractivity contribution in [3.8, 4) is 28.4 Å². The third-order valence-electron chi connectivity index (χ3n) is 11.4. The van der Waals surface area contributed by atoms with Crippen LogP contribution in [0.15, 0.2) is 186 Å². The number of carbonyl (C=O) groups is 4. The molecule has 2 amide bonds. The normalized spacial score (nSPS) is 14.9. The number of fused-ring (bicyclic) bond motifs is 1. The van der Waals surface area contributed by atoms with Crippen molar-refractivity contribution < 1.29 is 28.7 Å². The second-order valence-corrected chi connectivity index (χ2v) is 15.9. The Balaban J connectivity index is 0.943. The van der Waals surface area contributed by atoms with Gasteiger partial charge in [0.15, 0.2) is 11.6 Å². The second-order valence-electron chi connectivity index (χ2n) is 15.9. The van der Waals surface area contributed by atoms with Gasteiger partial charge in [0.25, 0.3) is 11.8 Å². The van der Waals surface area contributed by atoms with Crippen molar-refractivity contribution in [1.29, 1.82) is 0 Å². The number of amides is 2. The molecule has 0 N–H and O–H groups in total. The highest BCUT2D eigenvalue weighted by atomic mass is 16.5. The summed E-state index contributed by atoms with van der Waals surface area (Å²) >= 11 is 0. The van der Waals surface area contributed by atoms with Crippen molar-refractivity contribution in [1.82, 2.24) is 0 Å². The van der Waals surface area contributed by atoms with Crippen LogP contribution in [0.4, 0.5) is 5.69 Å². The molecule has 63 heavy (non-hydrogen) atoms. The Morgan fingerprint density at radius 3 is 1.97 bits per heavy atom. The molecule has 3 aliphatic rings. The summed E-state index contributed by atoms with van der Waals surface area (Å²) in [5.41, 5.74) is 9.28. The van der Waals surface area contributed by atoms with Crippen LogP contribution >= 0.6 is 0 Å². The molecule has 2 aliphatic carbocycles. The van der Waals surface area contributed by atoms with Gasteiger partial charge in [-0.1, -0.05) is 97.0 Å². The second kappa shape index (κ2) is 18.5. The molecule has 0 saturated carbocycles. The standard InChI is InChI=1S/C56H47NO6/c1-5-39-9-7-10-40(14-13-39)33-41-15-24-47(25-16-41)63-49-28-21-45(22-29-49)57-55(60)51-31-20-44(35-53(51)56(57)61)43-19-30-50(38(4)58)52(34-43)54(59)32-37(3)42-17-26-48(27-18-42)62-46-11-6-8-36(2)12-23-46/h8-32,34-35H,5-7,33H2,1-4H3. The fourth-order valence-electron chi connectivity index (χ4n) is 7.77. The molecule has 5 aromatic carbocycles. The van der Waals surface area contributed by atoms with Crippen molar-refractivity contribution in [2.75, 3.05) is 4.90 Å². The molecular formula is C56H47NO6. The van der Waals surface area contributed by atoms with Crippen LogP contribution in [0.25, 0.3) is 16.7 Å². The zero-order valence-corrected chi connectivity index (χ0v) is 35.8. The Morgan fingerprint density at radius 1 is 0.619 bits per heavy atom. The molecule has 0 saturated heterocycles. The van der Waals surface area contributed by atoms with Gasteiger partial charge in [-0.25, -0.2) is 4.90 Å². The Bertz CT molecular complexity index is 2860. The van der Waals surface area contributed by atoms with E-state index in [1.54, 1.807) is 60.7 Å². The summed E-state index contributed by atoms with van der Waals surface area (Å²) in [6.07, 6.45) is 22.2. The minimum atomic E-state index is -0.456. The molecule has 0 spiro atoms. The van der Waals surface area contributed by atoms with Gasteiger partial charge in [0.2, 0.25) is 0 Å². The van der Waals surface area contributed by atoms with E-state index in [0.29, 0.717) is 34.1 Å². The number of benzene rings is 5. The van der Waals surface area contributed by atoms with E-state index in [-0.39, 0.29) is 33.8 Å². The number of rotatable bonds is 13. The fourth-order valence-corrected chi connectivity index (χ4v) is 7.77. The molecule has 7 nitrogen and oxygen atoms in total. The number of hydrogen-bond acceptors (Lipinski definition) is 6. The van der Waals surface area contributed by atoms with Crippen LogP contribution < -0.4 is 14.4 Å². The van der Waals surface area contributed by atoms with Gasteiger partial charge in [0, 0.05) is 11.1 Å². The lowest BCUT2D eigenvalue weighted by Gasteiger charge is -2.14. The molecule has 0 unspecified atom stereocenters. The van der Waals surface area contributed by atoms with Gasteiger partial charge in [-0.15, -0.1) is 0 Å². The average Bonchev–Trinajstić information content (AvgIpc) is 3.49. The van der Waals surface area contributed by atoms with E-state index in [4.69, 9.17) is 9.47 Å². The Hall–Kier alpha value is -7.64. The van der Waals surface area contributed by atoms with E-state index in [0.717, 1.165) is 47.5 Å². The van der Waals surface area contributed by atoms with Crippen molar-refractivity contribution in [2.45, 2.75) is 53.4 Å². The summed E-state index contributed by atoms with van der Waals surface area (Å²) in [4.78, 5) is 55.2. The van der Waals surface area contributed by atoms with Gasteiger partial charge in [-0.05, 0) is 165 Å². The molecule has 0 radical (unpaired) electrons. The first-order valence-corrected chi connectivity index (χ1v) is 21.2. The summed E-state index contributed by atoms with van der Waals surface area (Å²) in [5.74, 6) is 1.23. The van der Waals surface area contributed by atoms with Crippen LogP contribution in [0.1, 0.15) is 99.5 Å². The van der Waals surface area contributed by atoms with Crippen molar-refractivity contribution in [3.63, 3.8) is 0 Å². The van der Waals surface area contributed by atoms with E-state index < -0.39 is 11.8 Å². The Labute approximate surface area is 368 Å². The third kappa shape index (κ3) is 9.64. The van der Waals surface area contributed by atoms with Crippen molar-refractivity contribution in [2.24, 2.45) is 0 Å². The first kappa shape index (κ1) is 42.1. The Morgan fingerprint density at radius 2 is 1.24 bits per heavy atom. The van der Waals surface area contributed by atoms with Crippen molar-refractivity contribution >= 4 is 34.6 Å². The predicted molar refractivity (Wildman–Crippen MR) is 251 cm³/mol.